The van der Waals surface area contributed by atoms with Gasteiger partial charge in [-0.25, -0.2) is 0 Å². The van der Waals surface area contributed by atoms with Crippen LogP contribution in [-0.4, -0.2) is 44.6 Å². The molecule has 1 atom stereocenters. The molecule has 0 N–H and O–H groups in total. The Bertz CT molecular complexity index is 429. The maximum Gasteiger partial charge on any atom is 0.160 e. The fourth-order valence-electron chi connectivity index (χ4n) is 2.80. The van der Waals surface area contributed by atoms with Gasteiger partial charge in [-0.15, -0.1) is 24.0 Å². The molecule has 1 fully saturated rings. The van der Waals surface area contributed by atoms with Crippen LogP contribution in [0.3, 0.4) is 0 Å². The standard InChI is InChI=1S/C16H24ClNO2.ClH/c1-19-15-6-5-13(10-16(15)20-2)7-9-18-8-3-4-14(11-17)12-18;/h5-6,10,14H,3-4,7-9,11-12H2,1-2H3;1H. The van der Waals surface area contributed by atoms with Gasteiger partial charge in [-0.1, -0.05) is 6.07 Å². The van der Waals surface area contributed by atoms with Crippen molar-refractivity contribution in [1.82, 2.24) is 4.90 Å². The highest BCUT2D eigenvalue weighted by Crippen LogP contribution is 2.28. The van der Waals surface area contributed by atoms with E-state index >= 15 is 0 Å². The summed E-state index contributed by atoms with van der Waals surface area (Å²) in [6, 6.07) is 6.16. The number of hydrogen-bond acceptors (Lipinski definition) is 3. The van der Waals surface area contributed by atoms with E-state index in [0.29, 0.717) is 5.92 Å². The quantitative estimate of drug-likeness (QED) is 0.742. The van der Waals surface area contributed by atoms with Crippen LogP contribution < -0.4 is 9.47 Å². The summed E-state index contributed by atoms with van der Waals surface area (Å²) in [5.41, 5.74) is 1.29. The third-order valence-corrected chi connectivity index (χ3v) is 4.42. The van der Waals surface area contributed by atoms with E-state index in [1.54, 1.807) is 14.2 Å². The minimum atomic E-state index is 0. The molecule has 2 rings (SSSR count). The molecule has 5 heteroatoms. The van der Waals surface area contributed by atoms with E-state index in [0.717, 1.165) is 36.9 Å². The van der Waals surface area contributed by atoms with Crippen LogP contribution in [0.5, 0.6) is 11.5 Å². The van der Waals surface area contributed by atoms with Crippen LogP contribution in [0.4, 0.5) is 0 Å². The van der Waals surface area contributed by atoms with Gasteiger partial charge < -0.3 is 14.4 Å². The zero-order valence-corrected chi connectivity index (χ0v) is 14.4. The lowest BCUT2D eigenvalue weighted by atomic mass is 9.99. The van der Waals surface area contributed by atoms with E-state index in [1.165, 1.54) is 24.9 Å². The molecule has 0 spiro atoms. The number of nitrogens with zero attached hydrogens (tertiary/aromatic N) is 1. The van der Waals surface area contributed by atoms with Crippen LogP contribution in [0.25, 0.3) is 0 Å². The molecule has 0 saturated carbocycles. The van der Waals surface area contributed by atoms with Gasteiger partial charge in [0.05, 0.1) is 14.2 Å². The fraction of sp³-hybridized carbons (Fsp3) is 0.625. The van der Waals surface area contributed by atoms with Crippen molar-refractivity contribution >= 4 is 24.0 Å². The van der Waals surface area contributed by atoms with Crippen molar-refractivity contribution < 1.29 is 9.47 Å². The lowest BCUT2D eigenvalue weighted by molar-refractivity contribution is 0.187. The molecule has 120 valence electrons. The highest BCUT2D eigenvalue weighted by Gasteiger charge is 2.18. The zero-order valence-electron chi connectivity index (χ0n) is 12.8. The van der Waals surface area contributed by atoms with Crippen LogP contribution in [0.2, 0.25) is 0 Å². The first-order valence-electron chi connectivity index (χ1n) is 7.26. The van der Waals surface area contributed by atoms with Crippen molar-refractivity contribution in [2.24, 2.45) is 5.92 Å². The van der Waals surface area contributed by atoms with Crippen molar-refractivity contribution in [3.05, 3.63) is 23.8 Å². The molecule has 0 aromatic heterocycles. The summed E-state index contributed by atoms with van der Waals surface area (Å²) in [7, 11) is 3.34. The average Bonchev–Trinajstić information content (AvgIpc) is 2.52. The van der Waals surface area contributed by atoms with Gasteiger partial charge >= 0.3 is 0 Å². The van der Waals surface area contributed by atoms with Gasteiger partial charge in [-0.05, 0) is 49.4 Å². The fourth-order valence-corrected chi connectivity index (χ4v) is 3.06. The van der Waals surface area contributed by atoms with E-state index < -0.39 is 0 Å². The molecule has 1 saturated heterocycles. The van der Waals surface area contributed by atoms with Gasteiger partial charge in [0.15, 0.2) is 11.5 Å². The Balaban J connectivity index is 0.00000220. The third-order valence-electron chi connectivity index (χ3n) is 3.99. The van der Waals surface area contributed by atoms with Crippen molar-refractivity contribution in [3.63, 3.8) is 0 Å². The number of methoxy groups -OCH3 is 2. The first-order valence-corrected chi connectivity index (χ1v) is 7.79. The molecule has 0 radical (unpaired) electrons. The molecule has 1 heterocycles. The summed E-state index contributed by atoms with van der Waals surface area (Å²) in [4.78, 5) is 2.52. The summed E-state index contributed by atoms with van der Waals surface area (Å²) < 4.78 is 10.6. The van der Waals surface area contributed by atoms with Gasteiger partial charge in [0.1, 0.15) is 0 Å². The Morgan fingerprint density at radius 2 is 2.00 bits per heavy atom. The van der Waals surface area contributed by atoms with Gasteiger partial charge in [0.25, 0.3) is 0 Å². The second-order valence-electron chi connectivity index (χ2n) is 5.40. The predicted octanol–water partition coefficient (Wildman–Crippen LogP) is 3.62. The molecule has 0 bridgehead atoms. The SMILES string of the molecule is COc1ccc(CCN2CCCC(CCl)C2)cc1OC.Cl. The number of piperidine rings is 1. The molecule has 1 unspecified atom stereocenters. The number of alkyl halides is 1. The Morgan fingerprint density at radius 3 is 2.67 bits per heavy atom. The Kier molecular flexibility index (Phi) is 8.23. The average molecular weight is 334 g/mol. The first kappa shape index (κ1) is 18.4. The van der Waals surface area contributed by atoms with Crippen LogP contribution in [0.1, 0.15) is 18.4 Å². The van der Waals surface area contributed by atoms with Crippen molar-refractivity contribution in [1.29, 1.82) is 0 Å². The van der Waals surface area contributed by atoms with Crippen LogP contribution in [0, 0.1) is 5.92 Å². The number of likely N-dealkylation sites (tertiary alicyclic amines) is 1. The van der Waals surface area contributed by atoms with E-state index in [9.17, 15) is 0 Å². The van der Waals surface area contributed by atoms with Crippen molar-refractivity contribution in [2.75, 3.05) is 39.7 Å². The molecule has 0 amide bonds. The topological polar surface area (TPSA) is 21.7 Å². The Labute approximate surface area is 139 Å². The highest BCUT2D eigenvalue weighted by atomic mass is 35.5. The third kappa shape index (κ3) is 5.24. The van der Waals surface area contributed by atoms with Crippen molar-refractivity contribution in [2.45, 2.75) is 19.3 Å². The van der Waals surface area contributed by atoms with E-state index in [2.05, 4.69) is 17.0 Å². The first-order chi connectivity index (χ1) is 9.76. The summed E-state index contributed by atoms with van der Waals surface area (Å²) in [5.74, 6) is 3.04. The molecule has 1 aromatic rings. The number of benzene rings is 1. The van der Waals surface area contributed by atoms with Gasteiger partial charge in [0.2, 0.25) is 0 Å². The summed E-state index contributed by atoms with van der Waals surface area (Å²) in [6.45, 7) is 3.42. The lowest BCUT2D eigenvalue weighted by Crippen LogP contribution is -2.37. The molecule has 3 nitrogen and oxygen atoms in total. The number of rotatable bonds is 6. The normalized spacial score (nSPS) is 18.9. The van der Waals surface area contributed by atoms with E-state index in [1.807, 2.05) is 6.07 Å². The summed E-state index contributed by atoms with van der Waals surface area (Å²) >= 11 is 5.98. The van der Waals surface area contributed by atoms with Crippen LogP contribution in [0.15, 0.2) is 18.2 Å². The molecular weight excluding hydrogens is 309 g/mol. The largest absolute Gasteiger partial charge is 0.493 e. The molecule has 0 aliphatic carbocycles. The number of ether oxygens (including phenoxy) is 2. The predicted molar refractivity (Wildman–Crippen MR) is 90.4 cm³/mol. The van der Waals surface area contributed by atoms with Gasteiger partial charge in [-0.2, -0.15) is 0 Å². The van der Waals surface area contributed by atoms with E-state index in [-0.39, 0.29) is 12.4 Å². The number of hydrogen-bond donors (Lipinski definition) is 0. The molecule has 1 aliphatic rings. The summed E-state index contributed by atoms with van der Waals surface area (Å²) in [6.07, 6.45) is 3.58. The maximum atomic E-state index is 5.98. The van der Waals surface area contributed by atoms with Gasteiger partial charge in [-0.3, -0.25) is 0 Å². The minimum Gasteiger partial charge on any atom is -0.493 e. The van der Waals surface area contributed by atoms with Gasteiger partial charge in [0, 0.05) is 19.0 Å². The second-order valence-corrected chi connectivity index (χ2v) is 5.71. The highest BCUT2D eigenvalue weighted by molar-refractivity contribution is 6.18. The zero-order chi connectivity index (χ0) is 14.4. The maximum absolute atomic E-state index is 5.98. The molecule has 21 heavy (non-hydrogen) atoms. The molecule has 1 aliphatic heterocycles. The van der Waals surface area contributed by atoms with Crippen LogP contribution in [-0.2, 0) is 6.42 Å². The smallest absolute Gasteiger partial charge is 0.160 e. The lowest BCUT2D eigenvalue weighted by Gasteiger charge is -2.31. The molecule has 1 aromatic carbocycles. The molecular formula is C16H25Cl2NO2. The monoisotopic (exact) mass is 333 g/mol. The number of halogens is 2. The van der Waals surface area contributed by atoms with Crippen LogP contribution >= 0.6 is 24.0 Å². The van der Waals surface area contributed by atoms with E-state index in [4.69, 9.17) is 21.1 Å². The second kappa shape index (κ2) is 9.39. The summed E-state index contributed by atoms with van der Waals surface area (Å²) in [5, 5.41) is 0. The van der Waals surface area contributed by atoms with Crippen molar-refractivity contribution in [3.8, 4) is 11.5 Å². The Morgan fingerprint density at radius 1 is 1.24 bits per heavy atom. The minimum absolute atomic E-state index is 0. The Hall–Kier alpha value is -0.640.